The number of nitrogens with one attached hydrogen (secondary N) is 1. The molecule has 4 nitrogen and oxygen atoms in total. The molecule has 3 rings (SSSR count). The molecule has 0 saturated carbocycles. The van der Waals surface area contributed by atoms with Crippen LogP contribution in [0.1, 0.15) is 11.6 Å². The summed E-state index contributed by atoms with van der Waals surface area (Å²) in [5.41, 5.74) is 2.39. The highest BCUT2D eigenvalue weighted by Gasteiger charge is 2.27. The Morgan fingerprint density at radius 1 is 1.00 bits per heavy atom. The van der Waals surface area contributed by atoms with Gasteiger partial charge >= 0.3 is 0 Å². The highest BCUT2D eigenvalue weighted by atomic mass is 16.5. The molecule has 22 heavy (non-hydrogen) atoms. The predicted molar refractivity (Wildman–Crippen MR) is 88.9 cm³/mol. The van der Waals surface area contributed by atoms with Crippen molar-refractivity contribution in [2.24, 2.45) is 0 Å². The first-order valence-corrected chi connectivity index (χ1v) is 7.58. The molecule has 0 aromatic heterocycles. The first-order chi connectivity index (χ1) is 10.8. The molecule has 0 amide bonds. The number of hydrogen-bond donors (Lipinski definition) is 1. The van der Waals surface area contributed by atoms with E-state index in [1.165, 1.54) is 5.69 Å². The molecule has 1 aliphatic rings. The molecule has 1 aliphatic heterocycles. The van der Waals surface area contributed by atoms with Crippen molar-refractivity contribution in [2.75, 3.05) is 38.8 Å². The normalized spacial score (nSPS) is 18.1. The van der Waals surface area contributed by atoms with Crippen molar-refractivity contribution in [1.29, 1.82) is 0 Å². The Morgan fingerprint density at radius 2 is 1.82 bits per heavy atom. The van der Waals surface area contributed by atoms with E-state index in [2.05, 4.69) is 40.5 Å². The predicted octanol–water partition coefficient (Wildman–Crippen LogP) is 2.85. The van der Waals surface area contributed by atoms with Gasteiger partial charge in [0.1, 0.15) is 0 Å². The van der Waals surface area contributed by atoms with Gasteiger partial charge in [0.2, 0.25) is 0 Å². The van der Waals surface area contributed by atoms with Crippen molar-refractivity contribution in [2.45, 2.75) is 6.04 Å². The fourth-order valence-electron chi connectivity index (χ4n) is 3.09. The Morgan fingerprint density at radius 3 is 2.55 bits per heavy atom. The number of piperazine rings is 1. The molecule has 0 bridgehead atoms. The smallest absolute Gasteiger partial charge is 0.166 e. The van der Waals surface area contributed by atoms with E-state index in [1.807, 2.05) is 18.2 Å². The second-order valence-electron chi connectivity index (χ2n) is 5.33. The van der Waals surface area contributed by atoms with E-state index in [0.29, 0.717) is 0 Å². The van der Waals surface area contributed by atoms with Gasteiger partial charge in [0.05, 0.1) is 20.3 Å². The minimum absolute atomic E-state index is 0.223. The summed E-state index contributed by atoms with van der Waals surface area (Å²) in [7, 11) is 3.38. The third kappa shape index (κ3) is 2.74. The average molecular weight is 298 g/mol. The van der Waals surface area contributed by atoms with Crippen LogP contribution in [0, 0.1) is 0 Å². The molecule has 1 saturated heterocycles. The van der Waals surface area contributed by atoms with Crippen LogP contribution in [0.3, 0.4) is 0 Å². The molecule has 4 heteroatoms. The lowest BCUT2D eigenvalue weighted by atomic mass is 10.0. The van der Waals surface area contributed by atoms with Crippen molar-refractivity contribution in [1.82, 2.24) is 5.32 Å². The van der Waals surface area contributed by atoms with Crippen molar-refractivity contribution >= 4 is 5.69 Å². The van der Waals surface area contributed by atoms with Gasteiger partial charge in [-0.15, -0.1) is 0 Å². The fraction of sp³-hybridized carbons (Fsp3) is 0.333. The monoisotopic (exact) mass is 298 g/mol. The first kappa shape index (κ1) is 14.7. The Kier molecular flexibility index (Phi) is 4.49. The van der Waals surface area contributed by atoms with E-state index in [-0.39, 0.29) is 6.04 Å². The highest BCUT2D eigenvalue weighted by Crippen LogP contribution is 2.38. The van der Waals surface area contributed by atoms with Crippen LogP contribution in [0.4, 0.5) is 5.69 Å². The summed E-state index contributed by atoms with van der Waals surface area (Å²) in [4.78, 5) is 2.42. The standard InChI is InChI=1S/C18H22N2O2/c1-21-17-10-6-9-15(18(17)22-2)16-13-19-11-12-20(16)14-7-4-3-5-8-14/h3-10,16,19H,11-13H2,1-2H3. The zero-order chi connectivity index (χ0) is 15.4. The molecule has 116 valence electrons. The van der Waals surface area contributed by atoms with E-state index in [9.17, 15) is 0 Å². The van der Waals surface area contributed by atoms with Crippen LogP contribution in [-0.4, -0.2) is 33.9 Å². The van der Waals surface area contributed by atoms with Gasteiger partial charge in [0.25, 0.3) is 0 Å². The lowest BCUT2D eigenvalue weighted by molar-refractivity contribution is 0.346. The van der Waals surface area contributed by atoms with E-state index >= 15 is 0 Å². The summed E-state index contributed by atoms with van der Waals surface area (Å²) in [5, 5.41) is 3.48. The number of benzene rings is 2. The Bertz CT molecular complexity index is 616. The minimum atomic E-state index is 0.223. The molecule has 1 fully saturated rings. The average Bonchev–Trinajstić information content (AvgIpc) is 2.61. The van der Waals surface area contributed by atoms with Crippen molar-refractivity contribution in [3.8, 4) is 11.5 Å². The Hall–Kier alpha value is -2.20. The van der Waals surface area contributed by atoms with E-state index < -0.39 is 0 Å². The molecule has 0 spiro atoms. The van der Waals surface area contributed by atoms with Crippen LogP contribution in [0.5, 0.6) is 11.5 Å². The van der Waals surface area contributed by atoms with Gasteiger partial charge in [0, 0.05) is 30.9 Å². The van der Waals surface area contributed by atoms with E-state index in [1.54, 1.807) is 14.2 Å². The number of anilines is 1. The maximum atomic E-state index is 5.63. The molecule has 0 aliphatic carbocycles. The molecular weight excluding hydrogens is 276 g/mol. The molecule has 1 heterocycles. The first-order valence-electron chi connectivity index (χ1n) is 7.58. The van der Waals surface area contributed by atoms with Crippen LogP contribution in [0.2, 0.25) is 0 Å². The molecular formula is C18H22N2O2. The number of nitrogens with zero attached hydrogens (tertiary/aromatic N) is 1. The van der Waals surface area contributed by atoms with Crippen LogP contribution < -0.4 is 19.7 Å². The zero-order valence-corrected chi connectivity index (χ0v) is 13.1. The Balaban J connectivity index is 2.01. The highest BCUT2D eigenvalue weighted by molar-refractivity contribution is 5.55. The SMILES string of the molecule is COc1cccc(C2CNCCN2c2ccccc2)c1OC. The lowest BCUT2D eigenvalue weighted by Crippen LogP contribution is -2.46. The van der Waals surface area contributed by atoms with Gasteiger partial charge in [-0.05, 0) is 18.2 Å². The summed E-state index contributed by atoms with van der Waals surface area (Å²) < 4.78 is 11.1. The van der Waals surface area contributed by atoms with Crippen molar-refractivity contribution in [3.05, 3.63) is 54.1 Å². The van der Waals surface area contributed by atoms with Crippen molar-refractivity contribution < 1.29 is 9.47 Å². The molecule has 1 atom stereocenters. The van der Waals surface area contributed by atoms with E-state index in [0.717, 1.165) is 36.7 Å². The van der Waals surface area contributed by atoms with Crippen LogP contribution >= 0.6 is 0 Å². The zero-order valence-electron chi connectivity index (χ0n) is 13.1. The summed E-state index contributed by atoms with van der Waals surface area (Å²) in [6, 6.07) is 16.8. The minimum Gasteiger partial charge on any atom is -0.493 e. The third-order valence-electron chi connectivity index (χ3n) is 4.12. The number of methoxy groups -OCH3 is 2. The van der Waals surface area contributed by atoms with Crippen LogP contribution in [0.25, 0.3) is 0 Å². The number of hydrogen-bond acceptors (Lipinski definition) is 4. The maximum absolute atomic E-state index is 5.63. The van der Waals surface area contributed by atoms with Crippen LogP contribution in [0.15, 0.2) is 48.5 Å². The second kappa shape index (κ2) is 6.71. The van der Waals surface area contributed by atoms with Gasteiger partial charge in [-0.3, -0.25) is 0 Å². The second-order valence-corrected chi connectivity index (χ2v) is 5.33. The molecule has 2 aromatic carbocycles. The Labute approximate surface area is 131 Å². The summed E-state index contributed by atoms with van der Waals surface area (Å²) >= 11 is 0. The quantitative estimate of drug-likeness (QED) is 0.941. The molecule has 2 aromatic rings. The van der Waals surface area contributed by atoms with Gasteiger partial charge in [-0.2, -0.15) is 0 Å². The van der Waals surface area contributed by atoms with Crippen LogP contribution in [-0.2, 0) is 0 Å². The third-order valence-corrected chi connectivity index (χ3v) is 4.12. The molecule has 1 unspecified atom stereocenters. The van der Waals surface area contributed by atoms with Gasteiger partial charge in [-0.25, -0.2) is 0 Å². The van der Waals surface area contributed by atoms with Gasteiger partial charge in [-0.1, -0.05) is 30.3 Å². The van der Waals surface area contributed by atoms with Crippen molar-refractivity contribution in [3.63, 3.8) is 0 Å². The number of ether oxygens (including phenoxy) is 2. The fourth-order valence-corrected chi connectivity index (χ4v) is 3.09. The summed E-state index contributed by atoms with van der Waals surface area (Å²) in [5.74, 6) is 1.60. The maximum Gasteiger partial charge on any atom is 0.166 e. The summed E-state index contributed by atoms with van der Waals surface area (Å²) in [6.45, 7) is 2.84. The van der Waals surface area contributed by atoms with Gasteiger partial charge < -0.3 is 19.7 Å². The van der Waals surface area contributed by atoms with E-state index in [4.69, 9.17) is 9.47 Å². The molecule has 0 radical (unpaired) electrons. The topological polar surface area (TPSA) is 33.7 Å². The number of para-hydroxylation sites is 2. The van der Waals surface area contributed by atoms with Gasteiger partial charge in [0.15, 0.2) is 11.5 Å². The molecule has 1 N–H and O–H groups in total. The lowest BCUT2D eigenvalue weighted by Gasteiger charge is -2.39. The largest absolute Gasteiger partial charge is 0.493 e. The number of rotatable bonds is 4. The summed E-state index contributed by atoms with van der Waals surface area (Å²) in [6.07, 6.45) is 0.